The third kappa shape index (κ3) is 3.68. The number of benzene rings is 2. The summed E-state index contributed by atoms with van der Waals surface area (Å²) in [4.78, 5) is 6.79. The number of phenols is 1. The Labute approximate surface area is 204 Å². The van der Waals surface area contributed by atoms with Gasteiger partial charge in [-0.25, -0.2) is 0 Å². The van der Waals surface area contributed by atoms with Crippen LogP contribution in [0.1, 0.15) is 34.7 Å². The van der Waals surface area contributed by atoms with Gasteiger partial charge in [-0.1, -0.05) is 18.2 Å². The Balaban J connectivity index is 1.70. The highest BCUT2D eigenvalue weighted by atomic mass is 32.1. The number of hydrogen-bond acceptors (Lipinski definition) is 4. The maximum absolute atomic E-state index is 9.76. The van der Waals surface area contributed by atoms with Gasteiger partial charge in [0.1, 0.15) is 11.5 Å². The lowest BCUT2D eigenvalue weighted by molar-refractivity contribution is 0.414. The van der Waals surface area contributed by atoms with E-state index in [1.807, 2.05) is 60.8 Å². The smallest absolute Gasteiger partial charge is 0.174 e. The number of phenolic OH excluding ortho intramolecular Hbond substituents is 1. The van der Waals surface area contributed by atoms with Crippen molar-refractivity contribution in [2.24, 2.45) is 0 Å². The van der Waals surface area contributed by atoms with Crippen molar-refractivity contribution < 1.29 is 9.84 Å². The number of aryl methyl sites for hydroxylation is 1. The lowest BCUT2D eigenvalue weighted by Crippen LogP contribution is -2.30. The van der Waals surface area contributed by atoms with E-state index in [1.54, 1.807) is 19.2 Å². The minimum atomic E-state index is -0.146. The normalized spacial score (nSPS) is 17.6. The van der Waals surface area contributed by atoms with Crippen molar-refractivity contribution >= 4 is 23.0 Å². The van der Waals surface area contributed by atoms with E-state index in [-0.39, 0.29) is 17.8 Å². The molecule has 0 saturated carbocycles. The number of rotatable bonds is 5. The Morgan fingerprint density at radius 1 is 1.00 bits per heavy atom. The number of para-hydroxylation sites is 2. The molecule has 0 spiro atoms. The largest absolute Gasteiger partial charge is 0.508 e. The lowest BCUT2D eigenvalue weighted by atomic mass is 9.96. The number of nitrogens with zero attached hydrogens (tertiary/aromatic N) is 3. The quantitative estimate of drug-likeness (QED) is 0.382. The second-order valence-corrected chi connectivity index (χ2v) is 8.73. The summed E-state index contributed by atoms with van der Waals surface area (Å²) >= 11 is 5.87. The van der Waals surface area contributed by atoms with Gasteiger partial charge in [-0.3, -0.25) is 4.98 Å². The van der Waals surface area contributed by atoms with E-state index >= 15 is 0 Å². The van der Waals surface area contributed by atoms with Gasteiger partial charge in [-0.15, -0.1) is 0 Å². The molecule has 0 bridgehead atoms. The molecule has 7 heteroatoms. The van der Waals surface area contributed by atoms with Gasteiger partial charge >= 0.3 is 0 Å². The molecule has 0 unspecified atom stereocenters. The fraction of sp³-hybridized carbons (Fsp3) is 0.185. The first kappa shape index (κ1) is 22.0. The zero-order chi connectivity index (χ0) is 23.8. The minimum Gasteiger partial charge on any atom is -0.508 e. The van der Waals surface area contributed by atoms with Gasteiger partial charge < -0.3 is 24.6 Å². The molecule has 172 valence electrons. The molecule has 2 N–H and O–H groups in total. The molecule has 3 heterocycles. The maximum atomic E-state index is 9.76. The molecule has 0 amide bonds. The third-order valence-electron chi connectivity index (χ3n) is 6.34. The standard InChI is InChI=1S/C27H26N4O2S/c1-17-16-21(18(2)30(17)19-11-13-20(32)14-12-19)26-25(22-8-6-7-15-28-22)29-27(34)31(26)23-9-4-5-10-24(23)33-3/h4-16,25-26,32H,1-3H3,(H,29,34)/t25-,26+/m0/s1. The molecule has 2 aromatic heterocycles. The number of nitrogens with one attached hydrogen (secondary N) is 1. The lowest BCUT2D eigenvalue weighted by Gasteiger charge is -2.29. The van der Waals surface area contributed by atoms with Crippen LogP contribution in [0.2, 0.25) is 0 Å². The number of thiocarbonyl (C=S) groups is 1. The van der Waals surface area contributed by atoms with Crippen molar-refractivity contribution in [3.8, 4) is 17.2 Å². The first-order valence-corrected chi connectivity index (χ1v) is 11.5. The van der Waals surface area contributed by atoms with Gasteiger partial charge in [-0.2, -0.15) is 0 Å². The highest BCUT2D eigenvalue weighted by molar-refractivity contribution is 7.80. The van der Waals surface area contributed by atoms with Crippen molar-refractivity contribution in [2.75, 3.05) is 12.0 Å². The van der Waals surface area contributed by atoms with Crippen LogP contribution in [0, 0.1) is 13.8 Å². The van der Waals surface area contributed by atoms with Gasteiger partial charge in [0.2, 0.25) is 0 Å². The predicted molar refractivity (Wildman–Crippen MR) is 138 cm³/mol. The van der Waals surface area contributed by atoms with Crippen LogP contribution < -0.4 is 15.0 Å². The zero-order valence-corrected chi connectivity index (χ0v) is 20.1. The Morgan fingerprint density at radius 2 is 1.74 bits per heavy atom. The number of pyridine rings is 1. The van der Waals surface area contributed by atoms with Crippen LogP contribution in [0.15, 0.2) is 79.0 Å². The molecule has 1 fully saturated rings. The number of ether oxygens (including phenoxy) is 1. The molecule has 0 radical (unpaired) electrons. The van der Waals surface area contributed by atoms with E-state index in [2.05, 4.69) is 39.7 Å². The van der Waals surface area contributed by atoms with E-state index in [9.17, 15) is 5.11 Å². The van der Waals surface area contributed by atoms with Gasteiger partial charge in [0, 0.05) is 23.3 Å². The van der Waals surface area contributed by atoms with Gasteiger partial charge in [0.15, 0.2) is 5.11 Å². The molecule has 5 rings (SSSR count). The predicted octanol–water partition coefficient (Wildman–Crippen LogP) is 5.38. The van der Waals surface area contributed by atoms with Crippen LogP contribution in [0.4, 0.5) is 5.69 Å². The van der Waals surface area contributed by atoms with Crippen LogP contribution in [-0.4, -0.2) is 26.9 Å². The summed E-state index contributed by atoms with van der Waals surface area (Å²) in [7, 11) is 1.67. The summed E-state index contributed by atoms with van der Waals surface area (Å²) in [5.41, 5.74) is 6.14. The minimum absolute atomic E-state index is 0.143. The molecule has 4 aromatic rings. The Bertz CT molecular complexity index is 1330. The zero-order valence-electron chi connectivity index (χ0n) is 19.3. The summed E-state index contributed by atoms with van der Waals surface area (Å²) in [6, 6.07) is 23.0. The summed E-state index contributed by atoms with van der Waals surface area (Å²) in [6.07, 6.45) is 1.81. The fourth-order valence-corrected chi connectivity index (χ4v) is 5.18. The molecule has 2 atom stereocenters. The second kappa shape index (κ2) is 8.83. The van der Waals surface area contributed by atoms with Crippen molar-refractivity contribution in [3.05, 3.63) is 102 Å². The molecule has 34 heavy (non-hydrogen) atoms. The average molecular weight is 471 g/mol. The third-order valence-corrected chi connectivity index (χ3v) is 6.65. The van der Waals surface area contributed by atoms with Crippen molar-refractivity contribution in [3.63, 3.8) is 0 Å². The summed E-state index contributed by atoms with van der Waals surface area (Å²) < 4.78 is 7.90. The number of anilines is 1. The Hall–Kier alpha value is -3.84. The highest BCUT2D eigenvalue weighted by Crippen LogP contribution is 2.46. The molecular formula is C27H26N4O2S. The van der Waals surface area contributed by atoms with Crippen molar-refractivity contribution in [1.82, 2.24) is 14.9 Å². The van der Waals surface area contributed by atoms with E-state index in [0.29, 0.717) is 5.11 Å². The maximum Gasteiger partial charge on any atom is 0.174 e. The average Bonchev–Trinajstić information content (AvgIpc) is 3.35. The van der Waals surface area contributed by atoms with Crippen LogP contribution in [0.3, 0.4) is 0 Å². The summed E-state index contributed by atoms with van der Waals surface area (Å²) in [5, 5.41) is 13.9. The van der Waals surface area contributed by atoms with E-state index in [1.165, 1.54) is 0 Å². The number of methoxy groups -OCH3 is 1. The van der Waals surface area contributed by atoms with Gasteiger partial charge in [0.25, 0.3) is 0 Å². The van der Waals surface area contributed by atoms with Crippen LogP contribution >= 0.6 is 12.2 Å². The molecular weight excluding hydrogens is 444 g/mol. The van der Waals surface area contributed by atoms with Crippen LogP contribution in [0.25, 0.3) is 5.69 Å². The van der Waals surface area contributed by atoms with Crippen molar-refractivity contribution in [2.45, 2.75) is 25.9 Å². The molecule has 0 aliphatic carbocycles. The summed E-state index contributed by atoms with van der Waals surface area (Å²) in [5.74, 6) is 1.00. The number of aromatic nitrogens is 2. The SMILES string of the molecule is COc1ccccc1N1C(=S)N[C@@H](c2ccccn2)[C@H]1c1cc(C)n(-c2ccc(O)cc2)c1C. The first-order chi connectivity index (χ1) is 16.5. The van der Waals surface area contributed by atoms with E-state index in [4.69, 9.17) is 17.0 Å². The van der Waals surface area contributed by atoms with E-state index < -0.39 is 0 Å². The molecule has 1 aliphatic heterocycles. The first-order valence-electron chi connectivity index (χ1n) is 11.1. The monoisotopic (exact) mass is 470 g/mol. The second-order valence-electron chi connectivity index (χ2n) is 8.35. The Morgan fingerprint density at radius 3 is 2.44 bits per heavy atom. The molecule has 1 aliphatic rings. The van der Waals surface area contributed by atoms with Crippen LogP contribution in [-0.2, 0) is 0 Å². The van der Waals surface area contributed by atoms with Crippen molar-refractivity contribution in [1.29, 1.82) is 0 Å². The molecule has 6 nitrogen and oxygen atoms in total. The Kier molecular flexibility index (Phi) is 5.71. The van der Waals surface area contributed by atoms with Gasteiger partial charge in [-0.05, 0) is 86.2 Å². The number of hydrogen-bond donors (Lipinski definition) is 2. The fourth-order valence-electron chi connectivity index (χ4n) is 4.85. The van der Waals surface area contributed by atoms with Gasteiger partial charge in [0.05, 0.1) is 30.6 Å². The molecule has 1 saturated heterocycles. The topological polar surface area (TPSA) is 62.5 Å². The summed E-state index contributed by atoms with van der Waals surface area (Å²) in [6.45, 7) is 4.21. The highest BCUT2D eigenvalue weighted by Gasteiger charge is 2.43. The molecule has 2 aromatic carbocycles. The number of aromatic hydroxyl groups is 1. The van der Waals surface area contributed by atoms with E-state index in [0.717, 1.165) is 39.8 Å². The van der Waals surface area contributed by atoms with Crippen LogP contribution in [0.5, 0.6) is 11.5 Å².